The Morgan fingerprint density at radius 2 is 1.66 bits per heavy atom. The number of benzene rings is 2. The molecular formula is C28H25N9S. The molecule has 188 valence electrons. The van der Waals surface area contributed by atoms with Crippen molar-refractivity contribution in [3.05, 3.63) is 90.0 Å². The Morgan fingerprint density at radius 1 is 0.868 bits per heavy atom. The van der Waals surface area contributed by atoms with Crippen molar-refractivity contribution in [1.82, 2.24) is 44.6 Å². The number of imidazole rings is 1. The minimum Gasteiger partial charge on any atom is -0.322 e. The average Bonchev–Trinajstić information content (AvgIpc) is 3.72. The van der Waals surface area contributed by atoms with Crippen LogP contribution in [0.15, 0.2) is 78.6 Å². The van der Waals surface area contributed by atoms with Gasteiger partial charge in [-0.3, -0.25) is 4.90 Å². The highest BCUT2D eigenvalue weighted by molar-refractivity contribution is 7.14. The third kappa shape index (κ3) is 4.37. The van der Waals surface area contributed by atoms with Crippen LogP contribution in [-0.2, 0) is 6.54 Å². The standard InChI is InChI=1S/C28H25N9S/c1-2-5-21(6-3-1)24-23(32-28-37(24)31-18-38-28)20-9-7-19(8-10-20)17-36-15-11-22(12-16-36)25-33-27(35-34-25)26-29-13-4-14-30-26/h1-10,13-14,18,22H,11-12,15-17H2,(H,33,34,35). The lowest BCUT2D eigenvalue weighted by Gasteiger charge is -2.30. The number of nitrogens with zero attached hydrogens (tertiary/aromatic N) is 8. The largest absolute Gasteiger partial charge is 0.322 e. The summed E-state index contributed by atoms with van der Waals surface area (Å²) >= 11 is 1.55. The number of fused-ring (bicyclic) bond motifs is 1. The number of aromatic amines is 1. The molecule has 6 aromatic rings. The smallest absolute Gasteiger partial charge is 0.213 e. The first-order valence-corrected chi connectivity index (χ1v) is 13.6. The van der Waals surface area contributed by atoms with Crippen molar-refractivity contribution in [1.29, 1.82) is 0 Å². The Morgan fingerprint density at radius 3 is 2.45 bits per heavy atom. The molecule has 0 saturated carbocycles. The lowest BCUT2D eigenvalue weighted by Crippen LogP contribution is -2.32. The van der Waals surface area contributed by atoms with E-state index in [-0.39, 0.29) is 0 Å². The zero-order valence-corrected chi connectivity index (χ0v) is 21.4. The Kier molecular flexibility index (Phi) is 5.95. The van der Waals surface area contributed by atoms with Gasteiger partial charge < -0.3 is 4.98 Å². The molecule has 2 aromatic carbocycles. The highest BCUT2D eigenvalue weighted by Crippen LogP contribution is 2.34. The number of nitrogens with one attached hydrogen (secondary N) is 1. The van der Waals surface area contributed by atoms with Crippen LogP contribution in [0.4, 0.5) is 0 Å². The maximum atomic E-state index is 4.91. The van der Waals surface area contributed by atoms with E-state index in [1.165, 1.54) is 5.56 Å². The molecule has 0 atom stereocenters. The summed E-state index contributed by atoms with van der Waals surface area (Å²) in [5.41, 5.74) is 7.36. The van der Waals surface area contributed by atoms with E-state index in [9.17, 15) is 0 Å². The molecule has 1 saturated heterocycles. The van der Waals surface area contributed by atoms with E-state index in [1.54, 1.807) is 29.8 Å². The molecular weight excluding hydrogens is 494 g/mol. The van der Waals surface area contributed by atoms with Gasteiger partial charge in [-0.05, 0) is 37.6 Å². The van der Waals surface area contributed by atoms with E-state index in [1.807, 2.05) is 16.1 Å². The van der Waals surface area contributed by atoms with E-state index >= 15 is 0 Å². The second-order valence-corrected chi connectivity index (χ2v) is 10.3. The molecule has 10 heteroatoms. The van der Waals surface area contributed by atoms with Crippen LogP contribution in [0, 0.1) is 0 Å². The molecule has 7 rings (SSSR count). The van der Waals surface area contributed by atoms with Gasteiger partial charge in [-0.25, -0.2) is 19.5 Å². The van der Waals surface area contributed by atoms with Gasteiger partial charge in [-0.2, -0.15) is 5.10 Å². The van der Waals surface area contributed by atoms with Crippen LogP contribution in [0.25, 0.3) is 39.1 Å². The van der Waals surface area contributed by atoms with Crippen molar-refractivity contribution < 1.29 is 0 Å². The molecule has 1 fully saturated rings. The van der Waals surface area contributed by atoms with Crippen LogP contribution in [0.1, 0.15) is 30.1 Å². The molecule has 9 nitrogen and oxygen atoms in total. The van der Waals surface area contributed by atoms with Crippen LogP contribution in [0.3, 0.4) is 0 Å². The van der Waals surface area contributed by atoms with E-state index in [4.69, 9.17) is 4.98 Å². The fourth-order valence-corrected chi connectivity index (χ4v) is 5.74. The lowest BCUT2D eigenvalue weighted by atomic mass is 9.95. The third-order valence-electron chi connectivity index (χ3n) is 7.08. The molecule has 0 aliphatic carbocycles. The Labute approximate surface area is 223 Å². The van der Waals surface area contributed by atoms with Crippen LogP contribution in [-0.4, -0.2) is 57.7 Å². The van der Waals surface area contributed by atoms with Gasteiger partial charge in [0.2, 0.25) is 4.96 Å². The Hall–Kier alpha value is -4.28. The third-order valence-corrected chi connectivity index (χ3v) is 7.76. The number of rotatable bonds is 6. The number of hydrogen-bond acceptors (Lipinski definition) is 8. The predicted octanol–water partition coefficient (Wildman–Crippen LogP) is 5.08. The number of likely N-dealkylation sites (tertiary alicyclic amines) is 1. The van der Waals surface area contributed by atoms with Gasteiger partial charge in [-0.1, -0.05) is 65.9 Å². The van der Waals surface area contributed by atoms with Gasteiger partial charge in [0, 0.05) is 36.0 Å². The molecule has 0 unspecified atom stereocenters. The van der Waals surface area contributed by atoms with Crippen LogP contribution < -0.4 is 0 Å². The highest BCUT2D eigenvalue weighted by Gasteiger charge is 2.24. The molecule has 1 N–H and O–H groups in total. The molecule has 0 radical (unpaired) electrons. The highest BCUT2D eigenvalue weighted by atomic mass is 32.1. The first-order valence-electron chi connectivity index (χ1n) is 12.7. The Balaban J connectivity index is 1.03. The van der Waals surface area contributed by atoms with E-state index in [2.05, 4.69) is 83.7 Å². The quantitative estimate of drug-likeness (QED) is 0.327. The van der Waals surface area contributed by atoms with Crippen molar-refractivity contribution in [3.8, 4) is 34.2 Å². The molecule has 5 heterocycles. The van der Waals surface area contributed by atoms with Gasteiger partial charge in [0.25, 0.3) is 0 Å². The second kappa shape index (κ2) is 9.88. The first-order chi connectivity index (χ1) is 18.8. The van der Waals surface area contributed by atoms with Gasteiger partial charge in [0.15, 0.2) is 11.6 Å². The maximum absolute atomic E-state index is 4.91. The summed E-state index contributed by atoms with van der Waals surface area (Å²) < 4.78 is 1.94. The second-order valence-electron chi connectivity index (χ2n) is 9.49. The van der Waals surface area contributed by atoms with Crippen LogP contribution in [0.2, 0.25) is 0 Å². The van der Waals surface area contributed by atoms with Crippen molar-refractivity contribution in [2.75, 3.05) is 13.1 Å². The monoisotopic (exact) mass is 519 g/mol. The fraction of sp³-hybridized carbons (Fsp3) is 0.214. The maximum Gasteiger partial charge on any atom is 0.213 e. The molecule has 1 aliphatic heterocycles. The Bertz CT molecular complexity index is 1650. The summed E-state index contributed by atoms with van der Waals surface area (Å²) in [6.45, 7) is 2.97. The van der Waals surface area contributed by atoms with Gasteiger partial charge in [0.1, 0.15) is 22.7 Å². The fourth-order valence-electron chi connectivity index (χ4n) is 5.12. The number of hydrogen-bond donors (Lipinski definition) is 1. The predicted molar refractivity (Wildman–Crippen MR) is 146 cm³/mol. The normalized spacial score (nSPS) is 14.8. The topological polar surface area (TPSA) is 101 Å². The minimum absolute atomic E-state index is 0.374. The first kappa shape index (κ1) is 22.9. The molecule has 38 heavy (non-hydrogen) atoms. The number of aromatic nitrogens is 8. The van der Waals surface area contributed by atoms with E-state index in [0.717, 1.165) is 65.8 Å². The minimum atomic E-state index is 0.374. The van der Waals surface area contributed by atoms with E-state index in [0.29, 0.717) is 17.6 Å². The van der Waals surface area contributed by atoms with Gasteiger partial charge in [0.05, 0.1) is 0 Å². The van der Waals surface area contributed by atoms with Crippen molar-refractivity contribution in [2.24, 2.45) is 0 Å². The van der Waals surface area contributed by atoms with Gasteiger partial charge >= 0.3 is 0 Å². The molecule has 4 aromatic heterocycles. The number of piperidine rings is 1. The molecule has 0 spiro atoms. The summed E-state index contributed by atoms with van der Waals surface area (Å²) in [5.74, 6) is 2.51. The SMILES string of the molecule is c1ccc(-c2c(-c3ccc(CN4CCC(c5nnc(-c6ncccn6)[nH]5)CC4)cc3)nc3scnn23)cc1. The summed E-state index contributed by atoms with van der Waals surface area (Å²) in [5, 5.41) is 13.2. The van der Waals surface area contributed by atoms with Crippen LogP contribution in [0.5, 0.6) is 0 Å². The van der Waals surface area contributed by atoms with Crippen molar-refractivity contribution >= 4 is 16.3 Å². The van der Waals surface area contributed by atoms with Crippen molar-refractivity contribution in [2.45, 2.75) is 25.3 Å². The summed E-state index contributed by atoms with van der Waals surface area (Å²) in [7, 11) is 0. The van der Waals surface area contributed by atoms with Gasteiger partial charge in [-0.15, -0.1) is 10.2 Å². The summed E-state index contributed by atoms with van der Waals surface area (Å²) in [6, 6.07) is 21.0. The molecule has 0 bridgehead atoms. The van der Waals surface area contributed by atoms with Crippen LogP contribution >= 0.6 is 11.3 Å². The average molecular weight is 520 g/mol. The molecule has 1 aliphatic rings. The zero-order valence-electron chi connectivity index (χ0n) is 20.6. The molecule has 0 amide bonds. The number of H-pyrrole nitrogens is 1. The summed E-state index contributed by atoms with van der Waals surface area (Å²) in [6.07, 6.45) is 5.52. The summed E-state index contributed by atoms with van der Waals surface area (Å²) in [4.78, 5) is 20.2. The van der Waals surface area contributed by atoms with Crippen molar-refractivity contribution in [3.63, 3.8) is 0 Å². The zero-order chi connectivity index (χ0) is 25.3. The lowest BCUT2D eigenvalue weighted by molar-refractivity contribution is 0.202. The van der Waals surface area contributed by atoms with E-state index < -0.39 is 0 Å².